The van der Waals surface area contributed by atoms with Gasteiger partial charge in [-0.25, -0.2) is 12.8 Å². The van der Waals surface area contributed by atoms with Crippen LogP contribution in [0.5, 0.6) is 0 Å². The molecule has 0 radical (unpaired) electrons. The van der Waals surface area contributed by atoms with Gasteiger partial charge in [-0.3, -0.25) is 14.3 Å². The highest BCUT2D eigenvalue weighted by atomic mass is 32.2. The first-order valence-electron chi connectivity index (χ1n) is 13.7. The molecule has 2 amide bonds. The SMILES string of the molecule is CC(C)CC(NC(=O)c1cc(COC2=CC=CCC2)ccc1CCC(=O)NS(=O)(=O)C(C)C)c1ccc(F)cc1. The largest absolute Gasteiger partial charge is 0.493 e. The van der Waals surface area contributed by atoms with E-state index in [9.17, 15) is 22.4 Å². The van der Waals surface area contributed by atoms with E-state index in [4.69, 9.17) is 4.74 Å². The summed E-state index contributed by atoms with van der Waals surface area (Å²) in [6.07, 6.45) is 8.38. The van der Waals surface area contributed by atoms with Crippen LogP contribution in [0, 0.1) is 11.7 Å². The van der Waals surface area contributed by atoms with Gasteiger partial charge in [-0.2, -0.15) is 0 Å². The van der Waals surface area contributed by atoms with Crippen LogP contribution in [0.1, 0.15) is 86.5 Å². The number of sulfonamides is 1. The molecule has 2 N–H and O–H groups in total. The lowest BCUT2D eigenvalue weighted by molar-refractivity contribution is -0.119. The maximum absolute atomic E-state index is 13.7. The lowest BCUT2D eigenvalue weighted by atomic mass is 9.95. The topological polar surface area (TPSA) is 102 Å². The first-order valence-corrected chi connectivity index (χ1v) is 15.2. The number of amides is 2. The molecule has 3 rings (SSSR count). The molecule has 0 bridgehead atoms. The molecule has 0 aromatic heterocycles. The maximum atomic E-state index is 13.7. The van der Waals surface area contributed by atoms with Crippen molar-refractivity contribution in [3.05, 3.63) is 94.5 Å². The summed E-state index contributed by atoms with van der Waals surface area (Å²) in [5, 5.41) is 2.36. The summed E-state index contributed by atoms with van der Waals surface area (Å²) in [7, 11) is -3.75. The Morgan fingerprint density at radius 3 is 2.40 bits per heavy atom. The van der Waals surface area contributed by atoms with E-state index >= 15 is 0 Å². The zero-order chi connectivity index (χ0) is 29.3. The van der Waals surface area contributed by atoms with Crippen LogP contribution in [0.3, 0.4) is 0 Å². The van der Waals surface area contributed by atoms with Crippen molar-refractivity contribution in [3.63, 3.8) is 0 Å². The van der Waals surface area contributed by atoms with E-state index in [1.807, 2.05) is 32.1 Å². The molecule has 2 aromatic rings. The first kappa shape index (κ1) is 31.1. The summed E-state index contributed by atoms with van der Waals surface area (Å²) in [5.41, 5.74) is 2.58. The van der Waals surface area contributed by atoms with E-state index in [-0.39, 0.29) is 43.1 Å². The van der Waals surface area contributed by atoms with Crippen LogP contribution < -0.4 is 10.0 Å². The average molecular weight is 571 g/mol. The zero-order valence-electron chi connectivity index (χ0n) is 23.6. The first-order chi connectivity index (χ1) is 18.9. The maximum Gasteiger partial charge on any atom is 0.252 e. The molecule has 0 spiro atoms. The Morgan fingerprint density at radius 1 is 1.05 bits per heavy atom. The molecule has 0 saturated carbocycles. The van der Waals surface area contributed by atoms with Gasteiger partial charge >= 0.3 is 0 Å². The Morgan fingerprint density at radius 2 is 1.77 bits per heavy atom. The van der Waals surface area contributed by atoms with Crippen molar-refractivity contribution in [2.24, 2.45) is 5.92 Å². The summed E-state index contributed by atoms with van der Waals surface area (Å²) in [5.74, 6) is -0.182. The minimum absolute atomic E-state index is 0.102. The molecule has 7 nitrogen and oxygen atoms in total. The minimum atomic E-state index is -3.75. The van der Waals surface area contributed by atoms with Gasteiger partial charge in [0.05, 0.1) is 17.1 Å². The van der Waals surface area contributed by atoms with Gasteiger partial charge in [0.1, 0.15) is 12.4 Å². The number of aryl methyl sites for hydroxylation is 1. The molecule has 0 saturated heterocycles. The highest BCUT2D eigenvalue weighted by Crippen LogP contribution is 2.24. The minimum Gasteiger partial charge on any atom is -0.493 e. The number of hydrogen-bond donors (Lipinski definition) is 2. The molecule has 0 heterocycles. The Kier molecular flexibility index (Phi) is 11.1. The molecule has 2 aromatic carbocycles. The number of benzene rings is 2. The Hall–Kier alpha value is -3.46. The van der Waals surface area contributed by atoms with Crippen LogP contribution in [0.15, 0.2) is 66.5 Å². The summed E-state index contributed by atoms with van der Waals surface area (Å²) in [6.45, 7) is 7.36. The van der Waals surface area contributed by atoms with Crippen molar-refractivity contribution in [1.29, 1.82) is 0 Å². The fourth-order valence-electron chi connectivity index (χ4n) is 4.28. The number of rotatable bonds is 13. The van der Waals surface area contributed by atoms with Gasteiger partial charge in [-0.15, -0.1) is 0 Å². The molecule has 1 aliphatic rings. The Balaban J connectivity index is 1.84. The fourth-order valence-corrected chi connectivity index (χ4v) is 4.93. The van der Waals surface area contributed by atoms with E-state index in [0.717, 1.165) is 29.7 Å². The summed E-state index contributed by atoms with van der Waals surface area (Å²) < 4.78 is 45.8. The molecule has 40 heavy (non-hydrogen) atoms. The van der Waals surface area contributed by atoms with Gasteiger partial charge in [0.2, 0.25) is 15.9 Å². The number of nitrogens with one attached hydrogen (secondary N) is 2. The molecular weight excluding hydrogens is 531 g/mol. The van der Waals surface area contributed by atoms with Crippen LogP contribution >= 0.6 is 0 Å². The molecule has 1 aliphatic carbocycles. The number of hydrogen-bond acceptors (Lipinski definition) is 5. The van der Waals surface area contributed by atoms with Crippen molar-refractivity contribution in [3.8, 4) is 0 Å². The van der Waals surface area contributed by atoms with E-state index in [0.29, 0.717) is 17.5 Å². The molecule has 0 fully saturated rings. The van der Waals surface area contributed by atoms with Crippen molar-refractivity contribution in [2.75, 3.05) is 0 Å². The van der Waals surface area contributed by atoms with E-state index in [1.54, 1.807) is 24.3 Å². The van der Waals surface area contributed by atoms with Crippen molar-refractivity contribution >= 4 is 21.8 Å². The number of halogens is 1. The molecule has 0 aliphatic heterocycles. The molecule has 216 valence electrons. The van der Waals surface area contributed by atoms with Crippen molar-refractivity contribution in [2.45, 2.75) is 77.7 Å². The van der Waals surface area contributed by atoms with Crippen LogP contribution in [0.4, 0.5) is 4.39 Å². The zero-order valence-corrected chi connectivity index (χ0v) is 24.4. The number of carbonyl (C=O) groups is 2. The molecule has 1 unspecified atom stereocenters. The second-order valence-corrected chi connectivity index (χ2v) is 12.9. The summed E-state index contributed by atoms with van der Waals surface area (Å²) in [4.78, 5) is 26.1. The quantitative estimate of drug-likeness (QED) is 0.313. The number of allylic oxidation sites excluding steroid dienone is 4. The third-order valence-corrected chi connectivity index (χ3v) is 8.36. The monoisotopic (exact) mass is 570 g/mol. The third kappa shape index (κ3) is 9.33. The van der Waals surface area contributed by atoms with Crippen LogP contribution in [0.25, 0.3) is 0 Å². The van der Waals surface area contributed by atoms with Gasteiger partial charge in [0, 0.05) is 18.4 Å². The lowest BCUT2D eigenvalue weighted by Gasteiger charge is -2.22. The molecule has 1 atom stereocenters. The average Bonchev–Trinajstić information content (AvgIpc) is 2.91. The van der Waals surface area contributed by atoms with E-state index in [1.165, 1.54) is 26.0 Å². The Labute approximate surface area is 236 Å². The lowest BCUT2D eigenvalue weighted by Crippen LogP contribution is -2.36. The van der Waals surface area contributed by atoms with Crippen molar-refractivity contribution in [1.82, 2.24) is 10.0 Å². The standard InChI is InChI=1S/C31H39FN2O5S/c1-21(2)18-29(25-12-15-26(32)16-13-25)33-31(36)28-19-23(20-39-27-8-6-5-7-9-27)10-11-24(28)14-17-30(35)34-40(37,38)22(3)4/h5-6,8,10-13,15-16,19,21-22,29H,7,9,14,17-18,20H2,1-4H3,(H,33,36)(H,34,35). The van der Waals surface area contributed by atoms with E-state index < -0.39 is 21.2 Å². The van der Waals surface area contributed by atoms with Gasteiger partial charge in [-0.1, -0.05) is 50.3 Å². The highest BCUT2D eigenvalue weighted by Gasteiger charge is 2.22. The summed E-state index contributed by atoms with van der Waals surface area (Å²) >= 11 is 0. The van der Waals surface area contributed by atoms with Gasteiger partial charge in [0.15, 0.2) is 0 Å². The van der Waals surface area contributed by atoms with Crippen molar-refractivity contribution < 1.29 is 27.1 Å². The predicted octanol–water partition coefficient (Wildman–Crippen LogP) is 5.88. The van der Waals surface area contributed by atoms with Gasteiger partial charge in [0.25, 0.3) is 5.91 Å². The number of ether oxygens (including phenoxy) is 1. The van der Waals surface area contributed by atoms with Crippen LogP contribution in [-0.2, 0) is 32.6 Å². The fraction of sp³-hybridized carbons (Fsp3) is 0.419. The predicted molar refractivity (Wildman–Crippen MR) is 154 cm³/mol. The summed E-state index contributed by atoms with van der Waals surface area (Å²) in [6, 6.07) is 11.1. The molecule has 9 heteroatoms. The highest BCUT2D eigenvalue weighted by molar-refractivity contribution is 7.90. The second-order valence-electron chi connectivity index (χ2n) is 10.7. The van der Waals surface area contributed by atoms with Crippen LogP contribution in [0.2, 0.25) is 0 Å². The van der Waals surface area contributed by atoms with Crippen LogP contribution in [-0.4, -0.2) is 25.5 Å². The van der Waals surface area contributed by atoms with Gasteiger partial charge in [-0.05, 0) is 80.0 Å². The second kappa shape index (κ2) is 14.3. The smallest absolute Gasteiger partial charge is 0.252 e. The van der Waals surface area contributed by atoms with Gasteiger partial charge < -0.3 is 10.1 Å². The Bertz CT molecular complexity index is 1350. The normalized spacial score (nSPS) is 14.1. The number of carbonyl (C=O) groups excluding carboxylic acids is 2. The third-order valence-electron chi connectivity index (χ3n) is 6.60. The molecular formula is C31H39FN2O5S. The van der Waals surface area contributed by atoms with E-state index in [2.05, 4.69) is 16.1 Å².